The van der Waals surface area contributed by atoms with Crippen molar-refractivity contribution >= 4 is 10.9 Å². The summed E-state index contributed by atoms with van der Waals surface area (Å²) < 4.78 is 41.3. The molecule has 0 saturated heterocycles. The number of aromatic nitrogens is 6. The molecule has 158 valence electrons. The van der Waals surface area contributed by atoms with Gasteiger partial charge in [-0.2, -0.15) is 23.4 Å². The highest BCUT2D eigenvalue weighted by atomic mass is 19.4. The van der Waals surface area contributed by atoms with E-state index in [4.69, 9.17) is 0 Å². The van der Waals surface area contributed by atoms with Gasteiger partial charge in [-0.1, -0.05) is 6.07 Å². The summed E-state index contributed by atoms with van der Waals surface area (Å²) in [6.07, 6.45) is 1.12. The van der Waals surface area contributed by atoms with Crippen LogP contribution in [0.25, 0.3) is 33.7 Å². The molecular formula is C22H13F3N6O. The van der Waals surface area contributed by atoms with Gasteiger partial charge in [-0.05, 0) is 42.5 Å². The lowest BCUT2D eigenvalue weighted by Gasteiger charge is -2.12. The number of pyridine rings is 2. The number of benzene rings is 1. The second-order valence-electron chi connectivity index (χ2n) is 6.85. The lowest BCUT2D eigenvalue weighted by molar-refractivity contribution is -0.141. The van der Waals surface area contributed by atoms with Crippen molar-refractivity contribution in [2.24, 2.45) is 0 Å². The van der Waals surface area contributed by atoms with Crippen LogP contribution < -0.4 is 5.43 Å². The van der Waals surface area contributed by atoms with Gasteiger partial charge in [0.05, 0.1) is 35.0 Å². The molecule has 4 aromatic heterocycles. The summed E-state index contributed by atoms with van der Waals surface area (Å²) in [5.41, 5.74) is 0.904. The molecule has 32 heavy (non-hydrogen) atoms. The van der Waals surface area contributed by atoms with Gasteiger partial charge in [0.15, 0.2) is 5.69 Å². The second kappa shape index (κ2) is 7.41. The third kappa shape index (κ3) is 3.41. The SMILES string of the molecule is O=c1ccn(-c2ccc(C(F)(F)F)nc2)nc1-c1ccnn1-c1cccc2ncccc12. The summed E-state index contributed by atoms with van der Waals surface area (Å²) in [7, 11) is 0. The van der Waals surface area contributed by atoms with E-state index in [1.807, 2.05) is 24.3 Å². The van der Waals surface area contributed by atoms with E-state index in [2.05, 4.69) is 20.2 Å². The van der Waals surface area contributed by atoms with E-state index in [-0.39, 0.29) is 16.8 Å². The highest BCUT2D eigenvalue weighted by Crippen LogP contribution is 2.28. The van der Waals surface area contributed by atoms with Crippen LogP contribution in [0.3, 0.4) is 0 Å². The minimum atomic E-state index is -4.54. The first kappa shape index (κ1) is 19.6. The van der Waals surface area contributed by atoms with Crippen molar-refractivity contribution in [2.75, 3.05) is 0 Å². The molecule has 0 amide bonds. The van der Waals surface area contributed by atoms with Gasteiger partial charge >= 0.3 is 6.18 Å². The molecule has 0 N–H and O–H groups in total. The second-order valence-corrected chi connectivity index (χ2v) is 6.85. The lowest BCUT2D eigenvalue weighted by Crippen LogP contribution is -2.15. The zero-order valence-electron chi connectivity index (χ0n) is 16.2. The van der Waals surface area contributed by atoms with Gasteiger partial charge in [-0.25, -0.2) is 14.3 Å². The minimum absolute atomic E-state index is 0.0887. The average Bonchev–Trinajstić information content (AvgIpc) is 3.28. The van der Waals surface area contributed by atoms with E-state index in [0.717, 1.165) is 23.2 Å². The molecule has 10 heteroatoms. The average molecular weight is 434 g/mol. The van der Waals surface area contributed by atoms with Crippen molar-refractivity contribution in [3.8, 4) is 22.8 Å². The molecule has 1 aromatic carbocycles. The predicted octanol–water partition coefficient (Wildman–Crippen LogP) is 4.05. The molecule has 5 rings (SSSR count). The molecule has 0 aliphatic rings. The van der Waals surface area contributed by atoms with Gasteiger partial charge in [-0.3, -0.25) is 9.78 Å². The van der Waals surface area contributed by atoms with Crippen LogP contribution in [0.15, 0.2) is 84.2 Å². The first-order valence-electron chi connectivity index (χ1n) is 9.44. The van der Waals surface area contributed by atoms with Crippen LogP contribution in [0.2, 0.25) is 0 Å². The predicted molar refractivity (Wildman–Crippen MR) is 110 cm³/mol. The number of rotatable bonds is 3. The quantitative estimate of drug-likeness (QED) is 0.428. The maximum atomic E-state index is 12.8. The molecule has 0 aliphatic heterocycles. The third-order valence-electron chi connectivity index (χ3n) is 4.85. The Morgan fingerprint density at radius 3 is 2.53 bits per heavy atom. The van der Waals surface area contributed by atoms with Gasteiger partial charge < -0.3 is 0 Å². The summed E-state index contributed by atoms with van der Waals surface area (Å²) in [5, 5.41) is 9.54. The smallest absolute Gasteiger partial charge is 0.287 e. The Balaban J connectivity index is 1.62. The maximum absolute atomic E-state index is 12.8. The Morgan fingerprint density at radius 2 is 1.75 bits per heavy atom. The topological polar surface area (TPSA) is 78.5 Å². The Bertz CT molecular complexity index is 1480. The van der Waals surface area contributed by atoms with Crippen LogP contribution in [0.4, 0.5) is 13.2 Å². The van der Waals surface area contributed by atoms with E-state index >= 15 is 0 Å². The van der Waals surface area contributed by atoms with Crippen molar-refractivity contribution in [2.45, 2.75) is 6.18 Å². The number of alkyl halides is 3. The highest BCUT2D eigenvalue weighted by molar-refractivity contribution is 5.87. The molecular weight excluding hydrogens is 421 g/mol. The van der Waals surface area contributed by atoms with Crippen LogP contribution in [0.5, 0.6) is 0 Å². The van der Waals surface area contributed by atoms with Crippen LogP contribution in [0, 0.1) is 0 Å². The van der Waals surface area contributed by atoms with E-state index in [1.54, 1.807) is 29.2 Å². The number of nitrogens with zero attached hydrogens (tertiary/aromatic N) is 6. The first-order chi connectivity index (χ1) is 15.4. The van der Waals surface area contributed by atoms with Crippen LogP contribution >= 0.6 is 0 Å². The molecule has 0 fully saturated rings. The zero-order valence-corrected chi connectivity index (χ0v) is 16.2. The van der Waals surface area contributed by atoms with Gasteiger partial charge in [0.1, 0.15) is 5.69 Å². The molecule has 0 atom stereocenters. The monoisotopic (exact) mass is 434 g/mol. The number of fused-ring (bicyclic) bond motifs is 1. The molecule has 7 nitrogen and oxygen atoms in total. The zero-order chi connectivity index (χ0) is 22.3. The lowest BCUT2D eigenvalue weighted by atomic mass is 10.1. The molecule has 0 saturated carbocycles. The van der Waals surface area contributed by atoms with Crippen molar-refractivity contribution < 1.29 is 13.2 Å². The Morgan fingerprint density at radius 1 is 0.875 bits per heavy atom. The fourth-order valence-electron chi connectivity index (χ4n) is 3.36. The largest absolute Gasteiger partial charge is 0.433 e. The standard InChI is InChI=1S/C22H13F3N6O/c23-22(24,25)20-7-6-14(13-27-20)30-12-9-19(32)21(29-30)18-8-11-28-31(18)17-5-1-4-16-15(17)3-2-10-26-16/h1-13H. The summed E-state index contributed by atoms with van der Waals surface area (Å²) in [5.74, 6) is 0. The van der Waals surface area contributed by atoms with Crippen molar-refractivity contribution in [3.05, 3.63) is 95.3 Å². The number of hydrogen-bond donors (Lipinski definition) is 0. The Hall–Kier alpha value is -4.34. The van der Waals surface area contributed by atoms with E-state index in [1.165, 1.54) is 23.0 Å². The van der Waals surface area contributed by atoms with Crippen LogP contribution in [0.1, 0.15) is 5.69 Å². The number of halogens is 3. The van der Waals surface area contributed by atoms with Crippen molar-refractivity contribution in [1.29, 1.82) is 0 Å². The van der Waals surface area contributed by atoms with E-state index in [9.17, 15) is 18.0 Å². The molecule has 5 aromatic rings. The summed E-state index contributed by atoms with van der Waals surface area (Å²) >= 11 is 0. The Labute approximate surface area is 178 Å². The van der Waals surface area contributed by atoms with E-state index in [0.29, 0.717) is 11.4 Å². The maximum Gasteiger partial charge on any atom is 0.433 e. The highest BCUT2D eigenvalue weighted by Gasteiger charge is 2.32. The molecule has 0 bridgehead atoms. The van der Waals surface area contributed by atoms with Gasteiger partial charge in [0.2, 0.25) is 5.43 Å². The van der Waals surface area contributed by atoms with Crippen molar-refractivity contribution in [3.63, 3.8) is 0 Å². The number of hydrogen-bond acceptors (Lipinski definition) is 5. The molecule has 0 spiro atoms. The van der Waals surface area contributed by atoms with Gasteiger partial charge in [-0.15, -0.1) is 0 Å². The fraction of sp³-hybridized carbons (Fsp3) is 0.0455. The van der Waals surface area contributed by atoms with Crippen LogP contribution in [-0.2, 0) is 6.18 Å². The molecule has 0 unspecified atom stereocenters. The molecule has 4 heterocycles. The van der Waals surface area contributed by atoms with E-state index < -0.39 is 11.9 Å². The van der Waals surface area contributed by atoms with Crippen molar-refractivity contribution in [1.82, 2.24) is 29.5 Å². The normalized spacial score (nSPS) is 11.7. The minimum Gasteiger partial charge on any atom is -0.287 e. The molecule has 0 aliphatic carbocycles. The first-order valence-corrected chi connectivity index (χ1v) is 9.44. The molecule has 0 radical (unpaired) electrons. The summed E-state index contributed by atoms with van der Waals surface area (Å²) in [6, 6.07) is 14.3. The van der Waals surface area contributed by atoms with Gasteiger partial charge in [0.25, 0.3) is 0 Å². The summed E-state index contributed by atoms with van der Waals surface area (Å²) in [4.78, 5) is 20.4. The Kier molecular flexibility index (Phi) is 4.54. The third-order valence-corrected chi connectivity index (χ3v) is 4.85. The summed E-state index contributed by atoms with van der Waals surface area (Å²) in [6.45, 7) is 0. The van der Waals surface area contributed by atoms with Gasteiger partial charge in [0, 0.05) is 23.8 Å². The van der Waals surface area contributed by atoms with Crippen LogP contribution in [-0.4, -0.2) is 29.5 Å². The fourth-order valence-corrected chi connectivity index (χ4v) is 3.36.